The van der Waals surface area contributed by atoms with Gasteiger partial charge in [0, 0.05) is 43.8 Å². The molecule has 28 heavy (non-hydrogen) atoms. The molecule has 0 bridgehead atoms. The van der Waals surface area contributed by atoms with Crippen molar-refractivity contribution in [3.8, 4) is 0 Å². The summed E-state index contributed by atoms with van der Waals surface area (Å²) in [6, 6.07) is 4.38. The number of rotatable bonds is 9. The van der Waals surface area contributed by atoms with E-state index in [1.807, 2.05) is 0 Å². The number of nitrogens with zero attached hydrogens (tertiary/aromatic N) is 1. The van der Waals surface area contributed by atoms with Crippen molar-refractivity contribution in [2.75, 3.05) is 32.8 Å². The van der Waals surface area contributed by atoms with Crippen molar-refractivity contribution in [3.63, 3.8) is 0 Å². The fourth-order valence-corrected chi connectivity index (χ4v) is 5.23. The van der Waals surface area contributed by atoms with E-state index in [1.54, 1.807) is 6.07 Å². The van der Waals surface area contributed by atoms with Gasteiger partial charge in [0.05, 0.1) is 5.02 Å². The number of ether oxygens (including phenoxy) is 1. The summed E-state index contributed by atoms with van der Waals surface area (Å²) in [7, 11) is -3.73. The molecule has 1 saturated heterocycles. The topological polar surface area (TPSA) is 75.7 Å². The molecule has 6 nitrogen and oxygen atoms in total. The van der Waals surface area contributed by atoms with Gasteiger partial charge in [0.2, 0.25) is 15.9 Å². The largest absolute Gasteiger partial charge is 0.381 e. The summed E-state index contributed by atoms with van der Waals surface area (Å²) in [5.41, 5.74) is 0. The average molecular weight is 451 g/mol. The molecule has 1 aliphatic heterocycles. The van der Waals surface area contributed by atoms with Gasteiger partial charge in [-0.25, -0.2) is 8.42 Å². The van der Waals surface area contributed by atoms with E-state index in [1.165, 1.54) is 16.4 Å². The molecule has 0 aromatic heterocycles. The van der Waals surface area contributed by atoms with Gasteiger partial charge >= 0.3 is 0 Å². The maximum absolute atomic E-state index is 12.8. The first-order chi connectivity index (χ1) is 13.2. The highest BCUT2D eigenvalue weighted by atomic mass is 35.5. The predicted octanol–water partition coefficient (Wildman–Crippen LogP) is 3.57. The summed E-state index contributed by atoms with van der Waals surface area (Å²) in [5, 5.41) is 3.37. The molecule has 9 heteroatoms. The van der Waals surface area contributed by atoms with E-state index in [-0.39, 0.29) is 34.8 Å². The minimum atomic E-state index is -3.73. The number of piperidine rings is 1. The Bertz CT molecular complexity index is 763. The number of nitrogens with one attached hydrogen (secondary N) is 1. The molecule has 1 aromatic rings. The van der Waals surface area contributed by atoms with E-state index < -0.39 is 10.0 Å². The number of halogens is 2. The van der Waals surface area contributed by atoms with E-state index in [0.29, 0.717) is 36.9 Å². The molecule has 1 aromatic carbocycles. The molecule has 2 rings (SSSR count). The molecule has 1 aliphatic rings. The van der Waals surface area contributed by atoms with Crippen molar-refractivity contribution >= 4 is 39.1 Å². The van der Waals surface area contributed by atoms with Gasteiger partial charge in [-0.1, -0.05) is 37.0 Å². The van der Waals surface area contributed by atoms with Crippen LogP contribution in [0.1, 0.15) is 33.1 Å². The highest BCUT2D eigenvalue weighted by molar-refractivity contribution is 7.89. The Balaban J connectivity index is 1.80. The Morgan fingerprint density at radius 2 is 1.96 bits per heavy atom. The van der Waals surface area contributed by atoms with E-state index in [2.05, 4.69) is 19.2 Å². The molecule has 0 atom stereocenters. The third-order valence-electron chi connectivity index (χ3n) is 4.55. The van der Waals surface area contributed by atoms with Crippen molar-refractivity contribution in [2.45, 2.75) is 38.0 Å². The Labute approximate surface area is 177 Å². The van der Waals surface area contributed by atoms with Crippen molar-refractivity contribution in [2.24, 2.45) is 11.8 Å². The second-order valence-corrected chi connectivity index (χ2v) is 10.1. The molecular formula is C19H28Cl2N2O4S. The summed E-state index contributed by atoms with van der Waals surface area (Å²) in [6.07, 6.45) is 1.72. The Hall–Kier alpha value is -0.860. The molecule has 1 fully saturated rings. The number of carbonyl (C=O) groups excluding carboxylic acids is 1. The quantitative estimate of drug-likeness (QED) is 0.583. The van der Waals surface area contributed by atoms with Gasteiger partial charge in [0.25, 0.3) is 0 Å². The van der Waals surface area contributed by atoms with Crippen LogP contribution in [0.2, 0.25) is 10.0 Å². The molecule has 1 N–H and O–H groups in total. The lowest BCUT2D eigenvalue weighted by molar-refractivity contribution is -0.126. The lowest BCUT2D eigenvalue weighted by Crippen LogP contribution is -2.43. The number of sulfonamides is 1. The third kappa shape index (κ3) is 6.59. The molecule has 0 unspecified atom stereocenters. The van der Waals surface area contributed by atoms with Gasteiger partial charge in [-0.3, -0.25) is 4.79 Å². The van der Waals surface area contributed by atoms with Crippen molar-refractivity contribution in [3.05, 3.63) is 28.2 Å². The van der Waals surface area contributed by atoms with E-state index >= 15 is 0 Å². The SMILES string of the molecule is CC(C)COCCCNC(=O)C1CCN(S(=O)(=O)c2cc(Cl)ccc2Cl)CC1. The molecule has 0 radical (unpaired) electrons. The first kappa shape index (κ1) is 23.4. The lowest BCUT2D eigenvalue weighted by atomic mass is 9.97. The highest BCUT2D eigenvalue weighted by Gasteiger charge is 2.33. The van der Waals surface area contributed by atoms with Gasteiger partial charge in [-0.05, 0) is 43.4 Å². The lowest BCUT2D eigenvalue weighted by Gasteiger charge is -2.30. The molecule has 0 saturated carbocycles. The van der Waals surface area contributed by atoms with Crippen LogP contribution in [0.5, 0.6) is 0 Å². The molecule has 0 aliphatic carbocycles. The fraction of sp³-hybridized carbons (Fsp3) is 0.632. The average Bonchev–Trinajstić information content (AvgIpc) is 2.66. The van der Waals surface area contributed by atoms with Crippen LogP contribution in [-0.4, -0.2) is 51.5 Å². The maximum Gasteiger partial charge on any atom is 0.244 e. The number of carbonyl (C=O) groups is 1. The van der Waals surface area contributed by atoms with Crippen molar-refractivity contribution < 1.29 is 17.9 Å². The smallest absolute Gasteiger partial charge is 0.244 e. The predicted molar refractivity (Wildman–Crippen MR) is 111 cm³/mol. The fourth-order valence-electron chi connectivity index (χ4n) is 3.02. The van der Waals surface area contributed by atoms with Crippen LogP contribution in [0.4, 0.5) is 0 Å². The summed E-state index contributed by atoms with van der Waals surface area (Å²) < 4.78 is 32.5. The summed E-state index contributed by atoms with van der Waals surface area (Å²) in [4.78, 5) is 12.3. The summed E-state index contributed by atoms with van der Waals surface area (Å²) >= 11 is 12.0. The normalized spacial score (nSPS) is 16.5. The van der Waals surface area contributed by atoms with Crippen LogP contribution >= 0.6 is 23.2 Å². The minimum absolute atomic E-state index is 0.00552. The number of benzene rings is 1. The van der Waals surface area contributed by atoms with Crippen LogP contribution in [0, 0.1) is 11.8 Å². The van der Waals surface area contributed by atoms with Gasteiger partial charge in [-0.15, -0.1) is 0 Å². The zero-order valence-electron chi connectivity index (χ0n) is 16.3. The Morgan fingerprint density at radius 1 is 1.29 bits per heavy atom. The van der Waals surface area contributed by atoms with Gasteiger partial charge in [0.1, 0.15) is 4.90 Å². The monoisotopic (exact) mass is 450 g/mol. The highest BCUT2D eigenvalue weighted by Crippen LogP contribution is 2.30. The molecular weight excluding hydrogens is 423 g/mol. The van der Waals surface area contributed by atoms with Crippen LogP contribution in [0.3, 0.4) is 0 Å². The molecule has 1 amide bonds. The zero-order chi connectivity index (χ0) is 20.7. The van der Waals surface area contributed by atoms with Crippen LogP contribution < -0.4 is 5.32 Å². The maximum atomic E-state index is 12.8. The van der Waals surface area contributed by atoms with E-state index in [4.69, 9.17) is 27.9 Å². The second-order valence-electron chi connectivity index (χ2n) is 7.37. The summed E-state index contributed by atoms with van der Waals surface area (Å²) in [5.74, 6) is 0.289. The minimum Gasteiger partial charge on any atom is -0.381 e. The van der Waals surface area contributed by atoms with Crippen molar-refractivity contribution in [1.82, 2.24) is 9.62 Å². The van der Waals surface area contributed by atoms with Crippen LogP contribution in [0.15, 0.2) is 23.1 Å². The molecule has 1 heterocycles. The Kier molecular flexibility index (Phi) is 9.02. The van der Waals surface area contributed by atoms with Gasteiger partial charge < -0.3 is 10.1 Å². The number of hydrogen-bond acceptors (Lipinski definition) is 4. The number of amides is 1. The van der Waals surface area contributed by atoms with Gasteiger partial charge in [0.15, 0.2) is 0 Å². The molecule has 0 spiro atoms. The molecule has 158 valence electrons. The summed E-state index contributed by atoms with van der Waals surface area (Å²) in [6.45, 7) is 6.64. The third-order valence-corrected chi connectivity index (χ3v) is 7.17. The van der Waals surface area contributed by atoms with Gasteiger partial charge in [-0.2, -0.15) is 4.31 Å². The first-order valence-electron chi connectivity index (χ1n) is 9.52. The van der Waals surface area contributed by atoms with Crippen LogP contribution in [-0.2, 0) is 19.6 Å². The first-order valence-corrected chi connectivity index (χ1v) is 11.7. The zero-order valence-corrected chi connectivity index (χ0v) is 18.6. The Morgan fingerprint density at radius 3 is 2.61 bits per heavy atom. The standard InChI is InChI=1S/C19H28Cl2N2O4S/c1-14(2)13-27-11-3-8-22-19(24)15-6-9-23(10-7-15)28(25,26)18-12-16(20)4-5-17(18)21/h4-5,12,14-15H,3,6-11,13H2,1-2H3,(H,22,24). The number of hydrogen-bond donors (Lipinski definition) is 1. The second kappa shape index (κ2) is 10.8. The van der Waals surface area contributed by atoms with E-state index in [0.717, 1.165) is 13.0 Å². The van der Waals surface area contributed by atoms with Crippen molar-refractivity contribution in [1.29, 1.82) is 0 Å². The van der Waals surface area contributed by atoms with Crippen LogP contribution in [0.25, 0.3) is 0 Å². The van der Waals surface area contributed by atoms with E-state index in [9.17, 15) is 13.2 Å².